The molecule has 0 radical (unpaired) electrons. The molecule has 3 nitrogen and oxygen atoms in total. The van der Waals surface area contributed by atoms with E-state index in [1.807, 2.05) is 6.07 Å². The number of nitrogens with zero attached hydrogens (tertiary/aromatic N) is 2. The van der Waals surface area contributed by atoms with Gasteiger partial charge in [0.05, 0.1) is 11.4 Å². The molecule has 98 valence electrons. The minimum Gasteiger partial charge on any atom is -0.312 e. The molecule has 1 aliphatic rings. The molecular formula is C15H17N3S. The van der Waals surface area contributed by atoms with Crippen LogP contribution in [-0.2, 0) is 18.7 Å². The second-order valence-corrected chi connectivity index (χ2v) is 5.73. The molecule has 0 saturated heterocycles. The quantitative estimate of drug-likeness (QED) is 0.871. The normalized spacial score (nSPS) is 14.2. The van der Waals surface area contributed by atoms with Gasteiger partial charge in [-0.25, -0.2) is 9.97 Å². The Hall–Kier alpha value is -1.39. The van der Waals surface area contributed by atoms with Crippen molar-refractivity contribution in [2.75, 3.05) is 6.54 Å². The molecule has 1 aromatic carbocycles. The molecule has 0 spiro atoms. The van der Waals surface area contributed by atoms with Crippen molar-refractivity contribution < 1.29 is 0 Å². The number of fused-ring (bicyclic) bond motifs is 1. The van der Waals surface area contributed by atoms with Crippen LogP contribution in [0.2, 0.25) is 0 Å². The summed E-state index contributed by atoms with van der Waals surface area (Å²) < 4.78 is 0. The van der Waals surface area contributed by atoms with E-state index < -0.39 is 0 Å². The average molecular weight is 271 g/mol. The minimum atomic E-state index is 0.839. The molecule has 0 atom stereocenters. The van der Waals surface area contributed by atoms with Crippen LogP contribution in [0.5, 0.6) is 0 Å². The summed E-state index contributed by atoms with van der Waals surface area (Å²) in [7, 11) is 0. The van der Waals surface area contributed by atoms with Gasteiger partial charge in [0.1, 0.15) is 5.82 Å². The Morgan fingerprint density at radius 3 is 2.89 bits per heavy atom. The van der Waals surface area contributed by atoms with Crippen LogP contribution in [0.3, 0.4) is 0 Å². The molecule has 0 unspecified atom stereocenters. The lowest BCUT2D eigenvalue weighted by Crippen LogP contribution is -2.26. The maximum Gasteiger partial charge on any atom is 0.139 e. The second kappa shape index (κ2) is 5.72. The van der Waals surface area contributed by atoms with E-state index in [9.17, 15) is 0 Å². The van der Waals surface area contributed by atoms with E-state index in [1.165, 1.54) is 16.2 Å². The highest BCUT2D eigenvalue weighted by molar-refractivity contribution is 7.98. The fourth-order valence-electron chi connectivity index (χ4n) is 2.30. The minimum absolute atomic E-state index is 0.839. The van der Waals surface area contributed by atoms with E-state index in [1.54, 1.807) is 11.8 Å². The summed E-state index contributed by atoms with van der Waals surface area (Å²) in [6.07, 6.45) is 1.02. The van der Waals surface area contributed by atoms with Crippen LogP contribution in [-0.4, -0.2) is 16.5 Å². The first kappa shape index (κ1) is 12.6. The van der Waals surface area contributed by atoms with Crippen molar-refractivity contribution in [3.8, 4) is 0 Å². The standard InChI is InChI=1S/C15H17N3S/c1-11-13-9-16-8-7-14(13)18-15(17-11)10-19-12-5-3-2-4-6-12/h2-6,16H,7-10H2,1H3. The van der Waals surface area contributed by atoms with Gasteiger partial charge < -0.3 is 5.32 Å². The van der Waals surface area contributed by atoms with Gasteiger partial charge in [-0.15, -0.1) is 11.8 Å². The van der Waals surface area contributed by atoms with Gasteiger partial charge in [-0.05, 0) is 19.1 Å². The molecule has 0 fully saturated rings. The molecule has 0 aliphatic carbocycles. The van der Waals surface area contributed by atoms with Crippen LogP contribution in [0.15, 0.2) is 35.2 Å². The summed E-state index contributed by atoms with van der Waals surface area (Å²) in [5.74, 6) is 1.79. The van der Waals surface area contributed by atoms with Crippen molar-refractivity contribution >= 4 is 11.8 Å². The fourth-order valence-corrected chi connectivity index (χ4v) is 3.08. The van der Waals surface area contributed by atoms with E-state index >= 15 is 0 Å². The molecule has 3 rings (SSSR count). The first-order valence-corrected chi connectivity index (χ1v) is 7.55. The van der Waals surface area contributed by atoms with Gasteiger partial charge in [0.2, 0.25) is 0 Å². The Morgan fingerprint density at radius 1 is 1.21 bits per heavy atom. The molecule has 0 bridgehead atoms. The molecule has 2 aromatic rings. The summed E-state index contributed by atoms with van der Waals surface area (Å²) in [6.45, 7) is 4.02. The Morgan fingerprint density at radius 2 is 2.05 bits per heavy atom. The average Bonchev–Trinajstić information content (AvgIpc) is 2.46. The van der Waals surface area contributed by atoms with Gasteiger partial charge in [-0.3, -0.25) is 0 Å². The summed E-state index contributed by atoms with van der Waals surface area (Å²) in [5.41, 5.74) is 3.65. The van der Waals surface area contributed by atoms with Gasteiger partial charge in [-0.1, -0.05) is 18.2 Å². The highest BCUT2D eigenvalue weighted by Crippen LogP contribution is 2.22. The first-order valence-electron chi connectivity index (χ1n) is 6.57. The van der Waals surface area contributed by atoms with Crippen LogP contribution in [0.1, 0.15) is 22.8 Å². The molecule has 0 saturated carbocycles. The largest absolute Gasteiger partial charge is 0.312 e. The maximum absolute atomic E-state index is 4.72. The Labute approximate surface area is 117 Å². The van der Waals surface area contributed by atoms with Crippen molar-refractivity contribution in [1.29, 1.82) is 0 Å². The molecule has 1 aliphatic heterocycles. The lowest BCUT2D eigenvalue weighted by atomic mass is 10.1. The maximum atomic E-state index is 4.72. The lowest BCUT2D eigenvalue weighted by molar-refractivity contribution is 0.617. The third kappa shape index (κ3) is 2.96. The van der Waals surface area contributed by atoms with E-state index in [2.05, 4.69) is 41.5 Å². The molecule has 1 N–H and O–H groups in total. The third-order valence-electron chi connectivity index (χ3n) is 3.30. The number of hydrogen-bond acceptors (Lipinski definition) is 4. The van der Waals surface area contributed by atoms with Crippen LogP contribution in [0, 0.1) is 6.92 Å². The van der Waals surface area contributed by atoms with Crippen LogP contribution in [0.25, 0.3) is 0 Å². The molecule has 2 heterocycles. The van der Waals surface area contributed by atoms with Crippen molar-refractivity contribution in [3.63, 3.8) is 0 Å². The van der Waals surface area contributed by atoms with E-state index in [4.69, 9.17) is 4.98 Å². The number of nitrogens with one attached hydrogen (secondary N) is 1. The van der Waals surface area contributed by atoms with Crippen molar-refractivity contribution in [2.24, 2.45) is 0 Å². The summed E-state index contributed by atoms with van der Waals surface area (Å²) >= 11 is 1.79. The first-order chi connectivity index (χ1) is 9.33. The molecular weight excluding hydrogens is 254 g/mol. The van der Waals surface area contributed by atoms with Crippen LogP contribution in [0.4, 0.5) is 0 Å². The number of benzene rings is 1. The van der Waals surface area contributed by atoms with Gasteiger partial charge in [0.25, 0.3) is 0 Å². The summed E-state index contributed by atoms with van der Waals surface area (Å²) in [4.78, 5) is 10.6. The topological polar surface area (TPSA) is 37.8 Å². The predicted molar refractivity (Wildman–Crippen MR) is 78.2 cm³/mol. The van der Waals surface area contributed by atoms with Gasteiger partial charge in [0.15, 0.2) is 0 Å². The smallest absolute Gasteiger partial charge is 0.139 e. The number of aryl methyl sites for hydroxylation is 1. The zero-order chi connectivity index (χ0) is 13.1. The number of hydrogen-bond donors (Lipinski definition) is 1. The summed E-state index contributed by atoms with van der Waals surface area (Å²) in [5, 5.41) is 3.37. The molecule has 19 heavy (non-hydrogen) atoms. The Bertz CT molecular complexity index is 569. The number of thioether (sulfide) groups is 1. The number of rotatable bonds is 3. The Kier molecular flexibility index (Phi) is 3.80. The van der Waals surface area contributed by atoms with Crippen molar-refractivity contribution in [1.82, 2.24) is 15.3 Å². The SMILES string of the molecule is Cc1nc(CSc2ccccc2)nc2c1CNCC2. The molecule has 1 aromatic heterocycles. The van der Waals surface area contributed by atoms with Crippen molar-refractivity contribution in [2.45, 2.75) is 30.5 Å². The Balaban J connectivity index is 1.76. The zero-order valence-corrected chi connectivity index (χ0v) is 11.8. The molecule has 0 amide bonds. The summed E-state index contributed by atoms with van der Waals surface area (Å²) in [6, 6.07) is 10.4. The van der Waals surface area contributed by atoms with Gasteiger partial charge in [0, 0.05) is 35.7 Å². The van der Waals surface area contributed by atoms with Gasteiger partial charge in [-0.2, -0.15) is 0 Å². The molecule has 4 heteroatoms. The third-order valence-corrected chi connectivity index (χ3v) is 4.31. The monoisotopic (exact) mass is 271 g/mol. The van der Waals surface area contributed by atoms with Crippen molar-refractivity contribution in [3.05, 3.63) is 53.1 Å². The van der Waals surface area contributed by atoms with E-state index in [0.29, 0.717) is 0 Å². The fraction of sp³-hybridized carbons (Fsp3) is 0.333. The van der Waals surface area contributed by atoms with E-state index in [0.717, 1.165) is 36.8 Å². The zero-order valence-electron chi connectivity index (χ0n) is 11.0. The van der Waals surface area contributed by atoms with E-state index in [-0.39, 0.29) is 0 Å². The second-order valence-electron chi connectivity index (χ2n) is 4.68. The van der Waals surface area contributed by atoms with Crippen LogP contribution >= 0.6 is 11.8 Å². The number of aromatic nitrogens is 2. The van der Waals surface area contributed by atoms with Gasteiger partial charge >= 0.3 is 0 Å². The highest BCUT2D eigenvalue weighted by atomic mass is 32.2. The lowest BCUT2D eigenvalue weighted by Gasteiger charge is -2.18. The van der Waals surface area contributed by atoms with Crippen LogP contribution < -0.4 is 5.32 Å². The highest BCUT2D eigenvalue weighted by Gasteiger charge is 2.14. The predicted octanol–water partition coefficient (Wildman–Crippen LogP) is 2.72.